The Kier molecular flexibility index (Phi) is 3.62. The quantitative estimate of drug-likeness (QED) is 0.712. The molecule has 0 aliphatic heterocycles. The lowest BCUT2D eigenvalue weighted by molar-refractivity contribution is -0.140. The second-order valence-corrected chi connectivity index (χ2v) is 4.14. The number of hydrogen-bond donors (Lipinski definition) is 3. The Morgan fingerprint density at radius 1 is 1.17 bits per heavy atom. The zero-order valence-corrected chi connectivity index (χ0v) is 9.67. The first kappa shape index (κ1) is 12.2. The predicted octanol–water partition coefficient (Wildman–Crippen LogP) is 1.84. The lowest BCUT2D eigenvalue weighted by atomic mass is 10.1. The van der Waals surface area contributed by atoms with Gasteiger partial charge in [-0.25, -0.2) is 4.79 Å². The fourth-order valence-electron chi connectivity index (χ4n) is 1.85. The van der Waals surface area contributed by atoms with Crippen molar-refractivity contribution >= 4 is 17.7 Å². The second-order valence-electron chi connectivity index (χ2n) is 4.14. The number of hydrogen-bond acceptors (Lipinski definition) is 2. The summed E-state index contributed by atoms with van der Waals surface area (Å²) in [4.78, 5) is 22.4. The van der Waals surface area contributed by atoms with Gasteiger partial charge < -0.3 is 15.7 Å². The van der Waals surface area contributed by atoms with Crippen molar-refractivity contribution in [1.29, 1.82) is 0 Å². The molecule has 2 unspecified atom stereocenters. The number of carbonyl (C=O) groups is 2. The molecule has 0 radical (unpaired) electrons. The highest BCUT2D eigenvalue weighted by atomic mass is 16.4. The maximum atomic E-state index is 11.6. The maximum Gasteiger partial charge on any atom is 0.319 e. The molecule has 0 saturated carbocycles. The van der Waals surface area contributed by atoms with E-state index in [4.69, 9.17) is 5.11 Å². The van der Waals surface area contributed by atoms with Crippen LogP contribution in [0.1, 0.15) is 6.42 Å². The summed E-state index contributed by atoms with van der Waals surface area (Å²) in [6, 6.07) is 8.52. The van der Waals surface area contributed by atoms with Crippen molar-refractivity contribution in [3.63, 3.8) is 0 Å². The standard InChI is InChI=1S/C13H14N2O3/c16-12(17)9-6-7-11(8-9)15-13(18)14-10-4-2-1-3-5-10/h1-7,9,11H,8H2,(H,16,17)(H2,14,15,18). The molecule has 18 heavy (non-hydrogen) atoms. The van der Waals surface area contributed by atoms with Gasteiger partial charge in [0.25, 0.3) is 0 Å². The maximum absolute atomic E-state index is 11.6. The molecule has 2 atom stereocenters. The van der Waals surface area contributed by atoms with E-state index in [2.05, 4.69) is 10.6 Å². The fraction of sp³-hybridized carbons (Fsp3) is 0.231. The smallest absolute Gasteiger partial charge is 0.319 e. The van der Waals surface area contributed by atoms with E-state index in [0.29, 0.717) is 12.1 Å². The van der Waals surface area contributed by atoms with Gasteiger partial charge in [0.15, 0.2) is 0 Å². The molecular formula is C13H14N2O3. The molecule has 0 bridgehead atoms. The molecule has 2 rings (SSSR count). The van der Waals surface area contributed by atoms with Crippen LogP contribution in [0.15, 0.2) is 42.5 Å². The zero-order valence-electron chi connectivity index (χ0n) is 9.67. The van der Waals surface area contributed by atoms with E-state index in [1.165, 1.54) is 0 Å². The van der Waals surface area contributed by atoms with E-state index < -0.39 is 11.9 Å². The number of urea groups is 1. The fourth-order valence-corrected chi connectivity index (χ4v) is 1.85. The third kappa shape index (κ3) is 3.10. The number of aliphatic carboxylic acids is 1. The van der Waals surface area contributed by atoms with E-state index in [1.54, 1.807) is 24.3 Å². The van der Waals surface area contributed by atoms with Crippen molar-refractivity contribution in [2.45, 2.75) is 12.5 Å². The van der Waals surface area contributed by atoms with Crippen LogP contribution >= 0.6 is 0 Å². The Morgan fingerprint density at radius 3 is 2.50 bits per heavy atom. The van der Waals surface area contributed by atoms with Crippen molar-refractivity contribution in [2.24, 2.45) is 5.92 Å². The van der Waals surface area contributed by atoms with Gasteiger partial charge in [-0.2, -0.15) is 0 Å². The first-order valence-electron chi connectivity index (χ1n) is 5.69. The van der Waals surface area contributed by atoms with Crippen molar-refractivity contribution in [2.75, 3.05) is 5.32 Å². The second kappa shape index (κ2) is 5.35. The van der Waals surface area contributed by atoms with E-state index >= 15 is 0 Å². The summed E-state index contributed by atoms with van der Waals surface area (Å²) in [7, 11) is 0. The van der Waals surface area contributed by atoms with Gasteiger partial charge >= 0.3 is 12.0 Å². The molecule has 2 amide bonds. The Bertz CT molecular complexity index is 470. The molecule has 5 nitrogen and oxygen atoms in total. The zero-order chi connectivity index (χ0) is 13.0. The molecule has 94 valence electrons. The highest BCUT2D eigenvalue weighted by Gasteiger charge is 2.25. The van der Waals surface area contributed by atoms with Crippen molar-refractivity contribution < 1.29 is 14.7 Å². The summed E-state index contributed by atoms with van der Waals surface area (Å²) in [5, 5.41) is 14.2. The van der Waals surface area contributed by atoms with Gasteiger partial charge in [-0.1, -0.05) is 30.4 Å². The summed E-state index contributed by atoms with van der Waals surface area (Å²) < 4.78 is 0. The molecule has 3 N–H and O–H groups in total. The predicted molar refractivity (Wildman–Crippen MR) is 67.3 cm³/mol. The van der Waals surface area contributed by atoms with Gasteiger partial charge in [0, 0.05) is 5.69 Å². The van der Waals surface area contributed by atoms with Crippen LogP contribution < -0.4 is 10.6 Å². The largest absolute Gasteiger partial charge is 0.481 e. The number of carboxylic acid groups (broad SMARTS) is 1. The Hall–Kier alpha value is -2.30. The number of para-hydroxylation sites is 1. The first-order chi connectivity index (χ1) is 8.65. The Morgan fingerprint density at radius 2 is 1.89 bits per heavy atom. The van der Waals surface area contributed by atoms with Gasteiger partial charge in [0.05, 0.1) is 12.0 Å². The number of anilines is 1. The van der Waals surface area contributed by atoms with E-state index in [9.17, 15) is 9.59 Å². The summed E-state index contributed by atoms with van der Waals surface area (Å²) in [5.74, 6) is -1.37. The molecule has 1 aromatic rings. The van der Waals surface area contributed by atoms with Crippen LogP contribution in [-0.2, 0) is 4.79 Å². The van der Waals surface area contributed by atoms with Crippen LogP contribution in [-0.4, -0.2) is 23.1 Å². The molecule has 0 fully saturated rings. The molecule has 0 aromatic heterocycles. The number of benzene rings is 1. The Balaban J connectivity index is 1.83. The lowest BCUT2D eigenvalue weighted by Gasteiger charge is -2.13. The van der Waals surface area contributed by atoms with Crippen LogP contribution in [0.3, 0.4) is 0 Å². The normalized spacial score (nSPS) is 21.6. The molecule has 1 aromatic carbocycles. The van der Waals surface area contributed by atoms with Crippen LogP contribution in [0.25, 0.3) is 0 Å². The SMILES string of the molecule is O=C(Nc1ccccc1)NC1C=CC(C(=O)O)C1. The first-order valence-corrected chi connectivity index (χ1v) is 5.69. The molecule has 0 saturated heterocycles. The van der Waals surface area contributed by atoms with Gasteiger partial charge in [0.2, 0.25) is 0 Å². The van der Waals surface area contributed by atoms with Crippen molar-refractivity contribution in [1.82, 2.24) is 5.32 Å². The summed E-state index contributed by atoms with van der Waals surface area (Å²) >= 11 is 0. The highest BCUT2D eigenvalue weighted by Crippen LogP contribution is 2.18. The van der Waals surface area contributed by atoms with Crippen molar-refractivity contribution in [3.05, 3.63) is 42.5 Å². The monoisotopic (exact) mass is 246 g/mol. The average Bonchev–Trinajstić information content (AvgIpc) is 2.78. The topological polar surface area (TPSA) is 78.4 Å². The van der Waals surface area contributed by atoms with E-state index in [1.807, 2.05) is 18.2 Å². The number of amides is 2. The van der Waals surface area contributed by atoms with Crippen LogP contribution in [0, 0.1) is 5.92 Å². The van der Waals surface area contributed by atoms with Gasteiger partial charge in [-0.15, -0.1) is 0 Å². The molecule has 1 aliphatic rings. The van der Waals surface area contributed by atoms with E-state index in [-0.39, 0.29) is 12.1 Å². The summed E-state index contributed by atoms with van der Waals surface area (Å²) in [6.45, 7) is 0. The number of carboxylic acids is 1. The number of nitrogens with one attached hydrogen (secondary N) is 2. The van der Waals surface area contributed by atoms with Gasteiger partial charge in [-0.05, 0) is 18.6 Å². The molecule has 1 aliphatic carbocycles. The lowest BCUT2D eigenvalue weighted by Crippen LogP contribution is -2.36. The third-order valence-electron chi connectivity index (χ3n) is 2.75. The summed E-state index contributed by atoms with van der Waals surface area (Å²) in [5.41, 5.74) is 0.701. The number of carbonyl (C=O) groups excluding carboxylic acids is 1. The number of rotatable bonds is 3. The Labute approximate surface area is 105 Å². The van der Waals surface area contributed by atoms with Crippen molar-refractivity contribution in [3.8, 4) is 0 Å². The molecular weight excluding hydrogens is 232 g/mol. The van der Waals surface area contributed by atoms with Gasteiger partial charge in [-0.3, -0.25) is 4.79 Å². The molecule has 5 heteroatoms. The van der Waals surface area contributed by atoms with Crippen LogP contribution in [0.2, 0.25) is 0 Å². The van der Waals surface area contributed by atoms with E-state index in [0.717, 1.165) is 0 Å². The minimum absolute atomic E-state index is 0.227. The van der Waals surface area contributed by atoms with Gasteiger partial charge in [0.1, 0.15) is 0 Å². The third-order valence-corrected chi connectivity index (χ3v) is 2.75. The molecule has 0 spiro atoms. The van der Waals surface area contributed by atoms with Crippen LogP contribution in [0.5, 0.6) is 0 Å². The minimum Gasteiger partial charge on any atom is -0.481 e. The van der Waals surface area contributed by atoms with Crippen LogP contribution in [0.4, 0.5) is 10.5 Å². The minimum atomic E-state index is -0.862. The average molecular weight is 246 g/mol. The summed E-state index contributed by atoms with van der Waals surface area (Å²) in [6.07, 6.45) is 3.72. The molecule has 0 heterocycles. The highest BCUT2D eigenvalue weighted by molar-refractivity contribution is 5.89.